The van der Waals surface area contributed by atoms with Gasteiger partial charge in [-0.1, -0.05) is 12.1 Å². The number of aldehydes is 1. The van der Waals surface area contributed by atoms with E-state index in [1.165, 1.54) is 0 Å². The van der Waals surface area contributed by atoms with Crippen molar-refractivity contribution in [1.29, 1.82) is 0 Å². The Morgan fingerprint density at radius 2 is 1.33 bits per heavy atom. The average Bonchev–Trinajstić information content (AvgIpc) is 2.89. The van der Waals surface area contributed by atoms with Crippen LogP contribution in [0.5, 0.6) is 0 Å². The molecule has 3 amide bonds. The lowest BCUT2D eigenvalue weighted by atomic mass is 10.1. The molecule has 0 radical (unpaired) electrons. The van der Waals surface area contributed by atoms with E-state index in [1.54, 1.807) is 45.0 Å². The van der Waals surface area contributed by atoms with Crippen molar-refractivity contribution in [1.82, 2.24) is 21.4 Å². The van der Waals surface area contributed by atoms with Crippen LogP contribution in [-0.2, 0) is 33.4 Å². The Labute approximate surface area is 227 Å². The van der Waals surface area contributed by atoms with E-state index in [4.69, 9.17) is 18.9 Å². The van der Waals surface area contributed by atoms with E-state index in [2.05, 4.69) is 26.3 Å². The first-order valence-corrected chi connectivity index (χ1v) is 12.3. The van der Waals surface area contributed by atoms with Crippen molar-refractivity contribution in [2.75, 3.05) is 65.8 Å². The van der Waals surface area contributed by atoms with Gasteiger partial charge in [0.15, 0.2) is 0 Å². The first kappa shape index (κ1) is 33.4. The van der Waals surface area contributed by atoms with Gasteiger partial charge in [-0.3, -0.25) is 14.4 Å². The Hall–Kier alpha value is -3.59. The summed E-state index contributed by atoms with van der Waals surface area (Å²) in [5.41, 5.74) is 2.49. The van der Waals surface area contributed by atoms with Crippen molar-refractivity contribution in [2.24, 2.45) is 0 Å². The van der Waals surface area contributed by atoms with Gasteiger partial charge in [0.2, 0.25) is 5.91 Å². The van der Waals surface area contributed by atoms with Crippen LogP contribution in [0.25, 0.3) is 0 Å². The molecular formula is C25H38N4O10. The molecular weight excluding hydrogens is 516 g/mol. The smallest absolute Gasteiger partial charge is 0.408 e. The standard InChI is InChI=1S/C25H38N4O10/c1-25(2,3)38-24(34)28-17-22(32)39-29-16-21(31)26-8-10-35-12-14-37-15-13-36-11-9-27-23(33)20-6-4-19(18-30)5-7-20/h4-7,18,29H,8-17H2,1-3H3,(H,26,31)(H,27,33)(H,28,34). The fourth-order valence-electron chi connectivity index (χ4n) is 2.60. The quantitative estimate of drug-likeness (QED) is 0.102. The minimum Gasteiger partial charge on any atom is -0.444 e. The molecule has 0 bridgehead atoms. The predicted molar refractivity (Wildman–Crippen MR) is 138 cm³/mol. The molecule has 0 heterocycles. The van der Waals surface area contributed by atoms with Crippen LogP contribution in [0.2, 0.25) is 0 Å². The summed E-state index contributed by atoms with van der Waals surface area (Å²) in [6.07, 6.45) is -0.0399. The van der Waals surface area contributed by atoms with E-state index in [1.807, 2.05) is 0 Å². The van der Waals surface area contributed by atoms with Gasteiger partial charge in [-0.15, -0.1) is 5.48 Å². The van der Waals surface area contributed by atoms with Crippen LogP contribution in [0.15, 0.2) is 24.3 Å². The lowest BCUT2D eigenvalue weighted by molar-refractivity contribution is -0.150. The number of ether oxygens (including phenoxy) is 4. The molecule has 1 aromatic carbocycles. The highest BCUT2D eigenvalue weighted by molar-refractivity contribution is 5.94. The third-order valence-corrected chi connectivity index (χ3v) is 4.35. The van der Waals surface area contributed by atoms with E-state index < -0.39 is 30.1 Å². The number of carbonyl (C=O) groups is 5. The maximum atomic E-state index is 12.0. The van der Waals surface area contributed by atoms with Gasteiger partial charge >= 0.3 is 12.1 Å². The Balaban J connectivity index is 1.88. The molecule has 14 nitrogen and oxygen atoms in total. The van der Waals surface area contributed by atoms with Gasteiger partial charge in [0, 0.05) is 24.2 Å². The molecule has 0 aromatic heterocycles. The summed E-state index contributed by atoms with van der Waals surface area (Å²) in [4.78, 5) is 61.8. The number of benzene rings is 1. The number of rotatable bonds is 19. The van der Waals surface area contributed by atoms with Crippen molar-refractivity contribution in [3.63, 3.8) is 0 Å². The number of hydrogen-bond acceptors (Lipinski definition) is 11. The molecule has 0 fully saturated rings. The predicted octanol–water partition coefficient (Wildman–Crippen LogP) is -0.0326. The molecule has 0 unspecified atom stereocenters. The van der Waals surface area contributed by atoms with Crippen LogP contribution in [0.1, 0.15) is 41.5 Å². The third kappa shape index (κ3) is 18.3. The van der Waals surface area contributed by atoms with Crippen molar-refractivity contribution in [3.8, 4) is 0 Å². The molecule has 0 aliphatic carbocycles. The maximum Gasteiger partial charge on any atom is 0.408 e. The lowest BCUT2D eigenvalue weighted by Gasteiger charge is -2.19. The number of alkyl carbamates (subject to hydrolysis) is 1. The Bertz CT molecular complexity index is 903. The van der Waals surface area contributed by atoms with Crippen molar-refractivity contribution in [2.45, 2.75) is 26.4 Å². The summed E-state index contributed by atoms with van der Waals surface area (Å²) in [5, 5.41) is 7.53. The van der Waals surface area contributed by atoms with E-state index in [-0.39, 0.29) is 25.6 Å². The topological polar surface area (TPSA) is 180 Å². The number of carbonyl (C=O) groups excluding carboxylic acids is 5. The molecule has 1 rings (SSSR count). The summed E-state index contributed by atoms with van der Waals surface area (Å²) in [6, 6.07) is 6.32. The summed E-state index contributed by atoms with van der Waals surface area (Å²) in [6.45, 7) is 6.98. The normalized spacial score (nSPS) is 10.8. The second-order valence-corrected chi connectivity index (χ2v) is 8.83. The van der Waals surface area contributed by atoms with Gasteiger partial charge < -0.3 is 39.7 Å². The fraction of sp³-hybridized carbons (Fsp3) is 0.560. The first-order valence-electron chi connectivity index (χ1n) is 12.3. The summed E-state index contributed by atoms with van der Waals surface area (Å²) in [5.74, 6) is -1.44. The molecule has 1 aromatic rings. The second-order valence-electron chi connectivity index (χ2n) is 8.83. The van der Waals surface area contributed by atoms with Gasteiger partial charge in [-0.25, -0.2) is 9.59 Å². The van der Waals surface area contributed by atoms with Crippen molar-refractivity contribution < 1.29 is 47.8 Å². The minimum atomic E-state index is -0.784. The summed E-state index contributed by atoms with van der Waals surface area (Å²) in [7, 11) is 0. The highest BCUT2D eigenvalue weighted by Crippen LogP contribution is 2.06. The SMILES string of the molecule is CC(C)(C)OC(=O)NCC(=O)ONCC(=O)NCCOCCOCCOCCNC(=O)c1ccc(C=O)cc1. The molecule has 39 heavy (non-hydrogen) atoms. The van der Waals surface area contributed by atoms with E-state index in [9.17, 15) is 24.0 Å². The molecule has 0 spiro atoms. The number of hydrogen-bond donors (Lipinski definition) is 4. The Morgan fingerprint density at radius 3 is 1.90 bits per heavy atom. The lowest BCUT2D eigenvalue weighted by Crippen LogP contribution is -2.40. The van der Waals surface area contributed by atoms with E-state index in [0.29, 0.717) is 57.0 Å². The number of hydroxylamine groups is 1. The van der Waals surface area contributed by atoms with Crippen molar-refractivity contribution in [3.05, 3.63) is 35.4 Å². The molecule has 0 saturated carbocycles. The third-order valence-electron chi connectivity index (χ3n) is 4.35. The van der Waals surface area contributed by atoms with Gasteiger partial charge in [0.05, 0.1) is 39.6 Å². The van der Waals surface area contributed by atoms with Crippen LogP contribution >= 0.6 is 0 Å². The zero-order chi connectivity index (χ0) is 28.9. The summed E-state index contributed by atoms with van der Waals surface area (Å²) >= 11 is 0. The fourth-order valence-corrected chi connectivity index (χ4v) is 2.60. The largest absolute Gasteiger partial charge is 0.444 e. The second kappa shape index (κ2) is 19.5. The van der Waals surface area contributed by atoms with Gasteiger partial charge in [-0.2, -0.15) is 0 Å². The molecule has 0 saturated heterocycles. The number of amides is 3. The zero-order valence-corrected chi connectivity index (χ0v) is 22.5. The zero-order valence-electron chi connectivity index (χ0n) is 22.5. The van der Waals surface area contributed by atoms with Crippen LogP contribution in [-0.4, -0.2) is 102 Å². The van der Waals surface area contributed by atoms with Crippen LogP contribution < -0.4 is 21.4 Å². The van der Waals surface area contributed by atoms with Crippen molar-refractivity contribution >= 4 is 30.2 Å². The van der Waals surface area contributed by atoms with Crippen LogP contribution in [0.3, 0.4) is 0 Å². The van der Waals surface area contributed by atoms with Gasteiger partial charge in [0.25, 0.3) is 5.91 Å². The maximum absolute atomic E-state index is 12.0. The monoisotopic (exact) mass is 554 g/mol. The molecule has 0 aliphatic heterocycles. The number of nitrogens with one attached hydrogen (secondary N) is 4. The Morgan fingerprint density at radius 1 is 0.769 bits per heavy atom. The highest BCUT2D eigenvalue weighted by Gasteiger charge is 2.17. The van der Waals surface area contributed by atoms with Crippen LogP contribution in [0.4, 0.5) is 4.79 Å². The molecule has 4 N–H and O–H groups in total. The average molecular weight is 555 g/mol. The molecule has 218 valence electrons. The molecule has 0 aliphatic rings. The van der Waals surface area contributed by atoms with E-state index >= 15 is 0 Å². The molecule has 14 heteroatoms. The van der Waals surface area contributed by atoms with Gasteiger partial charge in [0.1, 0.15) is 25.0 Å². The van der Waals surface area contributed by atoms with Crippen LogP contribution in [0, 0.1) is 0 Å². The Kier molecular flexibility index (Phi) is 16.7. The highest BCUT2D eigenvalue weighted by atomic mass is 16.7. The summed E-state index contributed by atoms with van der Waals surface area (Å²) < 4.78 is 21.1. The molecule has 0 atom stereocenters. The minimum absolute atomic E-state index is 0.245. The first-order chi connectivity index (χ1) is 18.6. The van der Waals surface area contributed by atoms with Gasteiger partial charge in [-0.05, 0) is 32.9 Å². The van der Waals surface area contributed by atoms with E-state index in [0.717, 1.165) is 0 Å².